The van der Waals surface area contributed by atoms with Gasteiger partial charge in [0, 0.05) is 16.8 Å². The van der Waals surface area contributed by atoms with Crippen LogP contribution in [0.4, 0.5) is 5.69 Å². The van der Waals surface area contributed by atoms with Gasteiger partial charge in [0.25, 0.3) is 5.91 Å². The molecule has 4 heteroatoms. The zero-order chi connectivity index (χ0) is 23.8. The van der Waals surface area contributed by atoms with E-state index in [4.69, 9.17) is 9.47 Å². The second kappa shape index (κ2) is 11.6. The molecule has 0 aromatic heterocycles. The van der Waals surface area contributed by atoms with E-state index in [1.807, 2.05) is 43.3 Å². The molecule has 0 aliphatic heterocycles. The van der Waals surface area contributed by atoms with Crippen molar-refractivity contribution in [2.24, 2.45) is 0 Å². The monoisotopic (exact) mass is 445 g/mol. The molecule has 33 heavy (non-hydrogen) atoms. The van der Waals surface area contributed by atoms with E-state index in [2.05, 4.69) is 57.3 Å². The molecule has 1 N–H and O–H groups in total. The Morgan fingerprint density at radius 1 is 0.818 bits per heavy atom. The smallest absolute Gasteiger partial charge is 0.255 e. The zero-order valence-corrected chi connectivity index (χ0v) is 20.4. The third kappa shape index (κ3) is 5.95. The van der Waals surface area contributed by atoms with Crippen LogP contribution in [0.1, 0.15) is 73.1 Å². The highest BCUT2D eigenvalue weighted by Gasteiger charge is 2.15. The first-order valence-electron chi connectivity index (χ1n) is 11.9. The molecule has 0 aliphatic rings. The van der Waals surface area contributed by atoms with Crippen LogP contribution >= 0.6 is 0 Å². The van der Waals surface area contributed by atoms with Crippen molar-refractivity contribution in [3.8, 4) is 11.5 Å². The number of hydrogen-bond donors (Lipinski definition) is 1. The minimum atomic E-state index is -0.127. The van der Waals surface area contributed by atoms with Crippen molar-refractivity contribution in [2.75, 3.05) is 11.9 Å². The molecule has 174 valence electrons. The number of hydrogen-bond acceptors (Lipinski definition) is 3. The quantitative estimate of drug-likeness (QED) is 0.360. The van der Waals surface area contributed by atoms with Gasteiger partial charge in [0.15, 0.2) is 0 Å². The third-order valence-electron chi connectivity index (χ3n) is 5.78. The maximum atomic E-state index is 13.2. The Morgan fingerprint density at radius 3 is 2.15 bits per heavy atom. The summed E-state index contributed by atoms with van der Waals surface area (Å²) < 4.78 is 12.0. The summed E-state index contributed by atoms with van der Waals surface area (Å²) in [7, 11) is 0. The number of carbonyl (C=O) groups excluding carboxylic acids is 1. The number of ether oxygens (including phenoxy) is 2. The Morgan fingerprint density at radius 2 is 1.52 bits per heavy atom. The van der Waals surface area contributed by atoms with E-state index < -0.39 is 0 Å². The minimum absolute atomic E-state index is 0.127. The van der Waals surface area contributed by atoms with E-state index >= 15 is 0 Å². The van der Waals surface area contributed by atoms with Gasteiger partial charge < -0.3 is 14.8 Å². The molecule has 0 heterocycles. The number of anilines is 1. The van der Waals surface area contributed by atoms with Gasteiger partial charge in [-0.3, -0.25) is 4.79 Å². The summed E-state index contributed by atoms with van der Waals surface area (Å²) in [6, 6.07) is 19.8. The topological polar surface area (TPSA) is 47.6 Å². The fraction of sp³-hybridized carbons (Fsp3) is 0.345. The van der Waals surface area contributed by atoms with Crippen molar-refractivity contribution in [1.82, 2.24) is 0 Å². The fourth-order valence-corrected chi connectivity index (χ4v) is 3.96. The summed E-state index contributed by atoms with van der Waals surface area (Å²) in [4.78, 5) is 13.2. The molecule has 0 atom stereocenters. The number of rotatable bonds is 10. The van der Waals surface area contributed by atoms with Gasteiger partial charge in [-0.25, -0.2) is 0 Å². The Kier molecular flexibility index (Phi) is 8.53. The number of carbonyl (C=O) groups is 1. The molecule has 4 nitrogen and oxygen atoms in total. The van der Waals surface area contributed by atoms with Gasteiger partial charge in [-0.05, 0) is 66.6 Å². The number of nitrogens with one attached hydrogen (secondary N) is 1. The second-order valence-electron chi connectivity index (χ2n) is 8.35. The molecule has 3 aromatic rings. The molecule has 0 spiro atoms. The maximum absolute atomic E-state index is 13.2. The molecule has 0 saturated carbocycles. The molecule has 0 radical (unpaired) electrons. The first kappa shape index (κ1) is 24.4. The Bertz CT molecular complexity index is 1070. The lowest BCUT2D eigenvalue weighted by Crippen LogP contribution is -2.15. The van der Waals surface area contributed by atoms with Gasteiger partial charge in [-0.2, -0.15) is 0 Å². The van der Waals surface area contributed by atoms with Gasteiger partial charge in [-0.1, -0.05) is 64.1 Å². The Hall–Kier alpha value is -3.27. The maximum Gasteiger partial charge on any atom is 0.255 e. The normalized spacial score (nSPS) is 10.8. The standard InChI is InChI=1S/C29H35NO3/c1-6-21-12-11-13-22(7-2)28(21)30-29(31)23-16-17-26(32-8-3)24(18-23)19-33-27-15-10-9-14-25(27)20(4)5/h9-18,20H,6-8,19H2,1-5H3,(H,30,31). The van der Waals surface area contributed by atoms with Crippen molar-refractivity contribution in [1.29, 1.82) is 0 Å². The molecule has 3 aromatic carbocycles. The fourth-order valence-electron chi connectivity index (χ4n) is 3.96. The van der Waals surface area contributed by atoms with E-state index in [1.165, 1.54) is 0 Å². The summed E-state index contributed by atoms with van der Waals surface area (Å²) in [5.41, 5.74) is 5.80. The van der Waals surface area contributed by atoms with Crippen LogP contribution in [0.3, 0.4) is 0 Å². The van der Waals surface area contributed by atoms with E-state index in [9.17, 15) is 4.79 Å². The lowest BCUT2D eigenvalue weighted by atomic mass is 10.0. The molecule has 0 unspecified atom stereocenters. The van der Waals surface area contributed by atoms with E-state index in [0.717, 1.165) is 52.3 Å². The third-order valence-corrected chi connectivity index (χ3v) is 5.78. The average Bonchev–Trinajstić information content (AvgIpc) is 2.83. The lowest BCUT2D eigenvalue weighted by Gasteiger charge is -2.17. The first-order chi connectivity index (χ1) is 16.0. The van der Waals surface area contributed by atoms with E-state index in [1.54, 1.807) is 0 Å². The van der Waals surface area contributed by atoms with Crippen LogP contribution in [0.5, 0.6) is 11.5 Å². The summed E-state index contributed by atoms with van der Waals surface area (Å²) >= 11 is 0. The summed E-state index contributed by atoms with van der Waals surface area (Å²) in [6.45, 7) is 11.3. The molecular formula is C29H35NO3. The predicted octanol–water partition coefficient (Wildman–Crippen LogP) is 7.16. The van der Waals surface area contributed by atoms with Crippen molar-refractivity contribution in [2.45, 2.75) is 60.0 Å². The summed E-state index contributed by atoms with van der Waals surface area (Å²) in [6.07, 6.45) is 1.72. The number of aryl methyl sites for hydroxylation is 2. The second-order valence-corrected chi connectivity index (χ2v) is 8.35. The van der Waals surface area contributed by atoms with Crippen LogP contribution < -0.4 is 14.8 Å². The van der Waals surface area contributed by atoms with Gasteiger partial charge in [-0.15, -0.1) is 0 Å². The number of amides is 1. The summed E-state index contributed by atoms with van der Waals surface area (Å²) in [5.74, 6) is 1.82. The highest BCUT2D eigenvalue weighted by atomic mass is 16.5. The average molecular weight is 446 g/mol. The Labute approximate surface area is 197 Å². The van der Waals surface area contributed by atoms with Crippen molar-refractivity contribution in [3.05, 3.63) is 88.5 Å². The molecular weight excluding hydrogens is 410 g/mol. The van der Waals surface area contributed by atoms with Crippen LogP contribution in [0.15, 0.2) is 60.7 Å². The molecule has 0 aliphatic carbocycles. The van der Waals surface area contributed by atoms with Crippen LogP contribution in [-0.2, 0) is 19.4 Å². The van der Waals surface area contributed by atoms with Crippen LogP contribution in [0.2, 0.25) is 0 Å². The van der Waals surface area contributed by atoms with Gasteiger partial charge >= 0.3 is 0 Å². The number of benzene rings is 3. The van der Waals surface area contributed by atoms with Crippen LogP contribution in [0.25, 0.3) is 0 Å². The molecule has 1 amide bonds. The molecule has 0 fully saturated rings. The lowest BCUT2D eigenvalue weighted by molar-refractivity contribution is 0.102. The molecule has 0 bridgehead atoms. The highest BCUT2D eigenvalue weighted by molar-refractivity contribution is 6.05. The Balaban J connectivity index is 1.87. The predicted molar refractivity (Wildman–Crippen MR) is 136 cm³/mol. The van der Waals surface area contributed by atoms with Gasteiger partial charge in [0.1, 0.15) is 18.1 Å². The first-order valence-corrected chi connectivity index (χ1v) is 11.9. The van der Waals surface area contributed by atoms with Gasteiger partial charge in [0.05, 0.1) is 6.61 Å². The molecule has 3 rings (SSSR count). The summed E-state index contributed by atoms with van der Waals surface area (Å²) in [5, 5.41) is 3.15. The van der Waals surface area contributed by atoms with Crippen molar-refractivity contribution >= 4 is 11.6 Å². The van der Waals surface area contributed by atoms with Crippen molar-refractivity contribution in [3.63, 3.8) is 0 Å². The highest BCUT2D eigenvalue weighted by Crippen LogP contribution is 2.29. The largest absolute Gasteiger partial charge is 0.493 e. The van der Waals surface area contributed by atoms with E-state index in [0.29, 0.717) is 24.7 Å². The van der Waals surface area contributed by atoms with E-state index in [-0.39, 0.29) is 5.91 Å². The van der Waals surface area contributed by atoms with Crippen LogP contribution in [0, 0.1) is 0 Å². The molecule has 0 saturated heterocycles. The minimum Gasteiger partial charge on any atom is -0.493 e. The van der Waals surface area contributed by atoms with Gasteiger partial charge in [0.2, 0.25) is 0 Å². The van der Waals surface area contributed by atoms with Crippen LogP contribution in [-0.4, -0.2) is 12.5 Å². The SMILES string of the molecule is CCOc1ccc(C(=O)Nc2c(CC)cccc2CC)cc1COc1ccccc1C(C)C. The number of para-hydroxylation sites is 2. The zero-order valence-electron chi connectivity index (χ0n) is 20.4. The van der Waals surface area contributed by atoms with Crippen molar-refractivity contribution < 1.29 is 14.3 Å².